The van der Waals surface area contributed by atoms with E-state index in [2.05, 4.69) is 15.3 Å². The molecule has 0 spiro atoms. The largest absolute Gasteiger partial charge is 0.461 e. The van der Waals surface area contributed by atoms with Crippen LogP contribution in [-0.2, 0) is 16.0 Å². The lowest BCUT2D eigenvalue weighted by atomic mass is 10.4. The van der Waals surface area contributed by atoms with E-state index in [0.717, 1.165) is 11.3 Å². The Labute approximate surface area is 132 Å². The molecule has 3 aromatic heterocycles. The minimum atomic E-state index is -0.484. The molecule has 0 atom stereocenters. The summed E-state index contributed by atoms with van der Waals surface area (Å²) in [7, 11) is 1.60. The summed E-state index contributed by atoms with van der Waals surface area (Å²) in [4.78, 5) is 16.3. The van der Waals surface area contributed by atoms with Crippen molar-refractivity contribution in [3.8, 4) is 0 Å². The fourth-order valence-corrected chi connectivity index (χ4v) is 2.14. The predicted molar refractivity (Wildman–Crippen MR) is 81.1 cm³/mol. The molecule has 0 saturated heterocycles. The second-order valence-electron chi connectivity index (χ2n) is 4.98. The van der Waals surface area contributed by atoms with Gasteiger partial charge in [0.15, 0.2) is 5.69 Å². The van der Waals surface area contributed by atoms with Crippen molar-refractivity contribution >= 4 is 11.6 Å². The first kappa shape index (κ1) is 15.2. The number of methoxy groups -OCH3 is 1. The Hall–Kier alpha value is -2.74. The number of hydrogen-bond donors (Lipinski definition) is 0. The van der Waals surface area contributed by atoms with Gasteiger partial charge in [-0.3, -0.25) is 0 Å². The molecule has 0 N–H and O–H groups in total. The first-order valence-electron chi connectivity index (χ1n) is 7.25. The number of carbonyl (C=O) groups excluding carboxylic acids is 1. The molecule has 3 heterocycles. The Balaban J connectivity index is 1.61. The lowest BCUT2D eigenvalue weighted by Crippen LogP contribution is -2.08. The highest BCUT2D eigenvalue weighted by Gasteiger charge is 2.13. The molecule has 8 heteroatoms. The van der Waals surface area contributed by atoms with Crippen LogP contribution in [0, 0.1) is 0 Å². The number of ether oxygens (including phenoxy) is 2. The SMILES string of the molecule is COCCCOC(=O)c1cn(Cc2cn3ccccc3n2)nn1. The van der Waals surface area contributed by atoms with Crippen LogP contribution in [0.25, 0.3) is 5.65 Å². The second-order valence-corrected chi connectivity index (χ2v) is 4.98. The van der Waals surface area contributed by atoms with Crippen molar-refractivity contribution in [2.45, 2.75) is 13.0 Å². The Morgan fingerprint density at radius 3 is 3.00 bits per heavy atom. The maximum Gasteiger partial charge on any atom is 0.360 e. The van der Waals surface area contributed by atoms with Gasteiger partial charge in [-0.15, -0.1) is 5.10 Å². The molecule has 0 saturated carbocycles. The number of pyridine rings is 1. The van der Waals surface area contributed by atoms with E-state index in [1.54, 1.807) is 18.0 Å². The second kappa shape index (κ2) is 7.01. The normalized spacial score (nSPS) is 11.0. The molecule has 0 fully saturated rings. The van der Waals surface area contributed by atoms with E-state index in [1.165, 1.54) is 0 Å². The number of aromatic nitrogens is 5. The Kier molecular flexibility index (Phi) is 4.62. The molecule has 0 aromatic carbocycles. The van der Waals surface area contributed by atoms with Crippen LogP contribution >= 0.6 is 0 Å². The van der Waals surface area contributed by atoms with E-state index < -0.39 is 5.97 Å². The average molecular weight is 315 g/mol. The lowest BCUT2D eigenvalue weighted by molar-refractivity contribution is 0.0461. The fraction of sp³-hybridized carbons (Fsp3) is 0.333. The number of nitrogens with zero attached hydrogens (tertiary/aromatic N) is 5. The van der Waals surface area contributed by atoms with Gasteiger partial charge in [-0.25, -0.2) is 14.5 Å². The van der Waals surface area contributed by atoms with Crippen LogP contribution in [0.1, 0.15) is 22.6 Å². The molecule has 0 radical (unpaired) electrons. The zero-order valence-corrected chi connectivity index (χ0v) is 12.8. The maximum absolute atomic E-state index is 11.8. The molecule has 120 valence electrons. The van der Waals surface area contributed by atoms with E-state index in [0.29, 0.717) is 26.2 Å². The van der Waals surface area contributed by atoms with Crippen molar-refractivity contribution in [2.75, 3.05) is 20.3 Å². The van der Waals surface area contributed by atoms with Crippen LogP contribution in [-0.4, -0.2) is 50.7 Å². The van der Waals surface area contributed by atoms with Gasteiger partial charge in [0.1, 0.15) is 5.65 Å². The van der Waals surface area contributed by atoms with Crippen LogP contribution in [0.4, 0.5) is 0 Å². The zero-order valence-electron chi connectivity index (χ0n) is 12.8. The molecule has 0 amide bonds. The average Bonchev–Trinajstić information content (AvgIpc) is 3.18. The van der Waals surface area contributed by atoms with Gasteiger partial charge in [0, 0.05) is 32.5 Å². The summed E-state index contributed by atoms with van der Waals surface area (Å²) in [5.41, 5.74) is 1.88. The minimum Gasteiger partial charge on any atom is -0.461 e. The Morgan fingerprint density at radius 2 is 2.17 bits per heavy atom. The number of rotatable bonds is 7. The van der Waals surface area contributed by atoms with Crippen molar-refractivity contribution in [2.24, 2.45) is 0 Å². The number of esters is 1. The standard InChI is InChI=1S/C15H17N5O3/c1-22-7-4-8-23-15(21)13-11-20(18-17-13)10-12-9-19-6-3-2-5-14(19)16-12/h2-3,5-6,9,11H,4,7-8,10H2,1H3. The highest BCUT2D eigenvalue weighted by Crippen LogP contribution is 2.06. The summed E-state index contributed by atoms with van der Waals surface area (Å²) in [6.07, 6.45) is 6.05. The van der Waals surface area contributed by atoms with Crippen molar-refractivity contribution < 1.29 is 14.3 Å². The first-order valence-corrected chi connectivity index (χ1v) is 7.25. The third-order valence-electron chi connectivity index (χ3n) is 3.21. The monoisotopic (exact) mass is 315 g/mol. The van der Waals surface area contributed by atoms with E-state index in [-0.39, 0.29) is 5.69 Å². The molecule has 0 unspecified atom stereocenters. The van der Waals surface area contributed by atoms with Crippen molar-refractivity contribution in [1.29, 1.82) is 0 Å². The molecule has 0 aliphatic heterocycles. The summed E-state index contributed by atoms with van der Waals surface area (Å²) < 4.78 is 13.5. The highest BCUT2D eigenvalue weighted by molar-refractivity contribution is 5.86. The summed E-state index contributed by atoms with van der Waals surface area (Å²) in [6.45, 7) is 1.28. The zero-order chi connectivity index (χ0) is 16.1. The van der Waals surface area contributed by atoms with Crippen LogP contribution in [0.2, 0.25) is 0 Å². The molecule has 0 aliphatic carbocycles. The van der Waals surface area contributed by atoms with Gasteiger partial charge in [0.25, 0.3) is 0 Å². The van der Waals surface area contributed by atoms with Crippen LogP contribution < -0.4 is 0 Å². The lowest BCUT2D eigenvalue weighted by Gasteiger charge is -2.01. The minimum absolute atomic E-state index is 0.186. The summed E-state index contributed by atoms with van der Waals surface area (Å²) in [5.74, 6) is -0.484. The van der Waals surface area contributed by atoms with Gasteiger partial charge in [-0.05, 0) is 12.1 Å². The fourth-order valence-electron chi connectivity index (χ4n) is 2.14. The predicted octanol–water partition coefficient (Wildman–Crippen LogP) is 1.17. The molecular weight excluding hydrogens is 298 g/mol. The number of hydrogen-bond acceptors (Lipinski definition) is 6. The highest BCUT2D eigenvalue weighted by atomic mass is 16.5. The van der Waals surface area contributed by atoms with Crippen LogP contribution in [0.3, 0.4) is 0 Å². The quantitative estimate of drug-likeness (QED) is 0.481. The maximum atomic E-state index is 11.8. The van der Waals surface area contributed by atoms with Crippen LogP contribution in [0.15, 0.2) is 36.8 Å². The van der Waals surface area contributed by atoms with Gasteiger partial charge >= 0.3 is 5.97 Å². The van der Waals surface area contributed by atoms with Crippen molar-refractivity contribution in [3.05, 3.63) is 48.2 Å². The molecule has 0 aliphatic rings. The Morgan fingerprint density at radius 1 is 1.26 bits per heavy atom. The molecule has 0 bridgehead atoms. The molecule has 3 rings (SSSR count). The topological polar surface area (TPSA) is 83.5 Å². The summed E-state index contributed by atoms with van der Waals surface area (Å²) in [6, 6.07) is 5.79. The van der Waals surface area contributed by atoms with Crippen molar-refractivity contribution in [3.63, 3.8) is 0 Å². The number of imidazole rings is 1. The smallest absolute Gasteiger partial charge is 0.360 e. The summed E-state index contributed by atoms with van der Waals surface area (Å²) >= 11 is 0. The molecule has 23 heavy (non-hydrogen) atoms. The molecular formula is C15H17N5O3. The van der Waals surface area contributed by atoms with E-state index in [1.807, 2.05) is 35.0 Å². The van der Waals surface area contributed by atoms with Crippen LogP contribution in [0.5, 0.6) is 0 Å². The molecule has 8 nitrogen and oxygen atoms in total. The van der Waals surface area contributed by atoms with E-state index in [9.17, 15) is 4.79 Å². The summed E-state index contributed by atoms with van der Waals surface area (Å²) in [5, 5.41) is 7.78. The van der Waals surface area contributed by atoms with Gasteiger partial charge < -0.3 is 13.9 Å². The van der Waals surface area contributed by atoms with E-state index >= 15 is 0 Å². The van der Waals surface area contributed by atoms with E-state index in [4.69, 9.17) is 9.47 Å². The van der Waals surface area contributed by atoms with Gasteiger partial charge in [-0.1, -0.05) is 11.3 Å². The molecule has 3 aromatic rings. The van der Waals surface area contributed by atoms with Gasteiger partial charge in [0.05, 0.1) is 25.0 Å². The first-order chi connectivity index (χ1) is 11.3. The Bertz CT molecular complexity index is 762. The van der Waals surface area contributed by atoms with Crippen molar-refractivity contribution in [1.82, 2.24) is 24.4 Å². The van der Waals surface area contributed by atoms with Gasteiger partial charge in [-0.2, -0.15) is 0 Å². The number of fused-ring (bicyclic) bond motifs is 1. The third kappa shape index (κ3) is 3.72. The third-order valence-corrected chi connectivity index (χ3v) is 3.21. The van der Waals surface area contributed by atoms with Gasteiger partial charge in [0.2, 0.25) is 0 Å². The number of carbonyl (C=O) groups is 1.